The summed E-state index contributed by atoms with van der Waals surface area (Å²) in [6, 6.07) is 8.93. The molecule has 0 aliphatic carbocycles. The summed E-state index contributed by atoms with van der Waals surface area (Å²) in [5.74, 6) is -2.64. The van der Waals surface area contributed by atoms with Gasteiger partial charge < -0.3 is 41.8 Å². The van der Waals surface area contributed by atoms with Gasteiger partial charge in [-0.1, -0.05) is 0 Å². The second-order valence-electron chi connectivity index (χ2n) is 8.50. The quantitative estimate of drug-likeness (QED) is 0.194. The molecule has 0 unspecified atom stereocenters. The van der Waals surface area contributed by atoms with E-state index in [0.29, 0.717) is 30.3 Å². The molecule has 0 spiro atoms. The van der Waals surface area contributed by atoms with Crippen LogP contribution in [0.5, 0.6) is 0 Å². The lowest BCUT2D eigenvalue weighted by Gasteiger charge is -2.27. The number of nitrogen functional groups attached to an aromatic ring is 1. The molecule has 3 aromatic rings. The Hall–Kier alpha value is -5.01. The van der Waals surface area contributed by atoms with Crippen molar-refractivity contribution in [3.05, 3.63) is 64.7 Å². The van der Waals surface area contributed by atoms with Gasteiger partial charge in [0, 0.05) is 50.2 Å². The third kappa shape index (κ3) is 8.01. The van der Waals surface area contributed by atoms with Crippen LogP contribution in [-0.2, 0) is 16.6 Å². The number of carboxylic acid groups (broad SMARTS) is 2. The van der Waals surface area contributed by atoms with Gasteiger partial charge in [0.1, 0.15) is 11.7 Å². The number of amides is 1. The first-order valence-electron chi connectivity index (χ1n) is 11.7. The molecule has 1 aromatic carbocycles. The number of H-pyrrole nitrogens is 1. The predicted molar refractivity (Wildman–Crippen MR) is 141 cm³/mol. The molecule has 0 bridgehead atoms. The number of aryl methyl sites for hydroxylation is 1. The SMILES string of the molecule is Cn1cccc1.Nc1nc2c(c(=O)[nH]1)N[C@H](CNc1ccc(C(=O)N[C@@H](CCC(=O)O)C(=O)O)cc1)CN2. The van der Waals surface area contributed by atoms with E-state index in [1.165, 1.54) is 12.1 Å². The summed E-state index contributed by atoms with van der Waals surface area (Å²) in [6.45, 7) is 0.960. The predicted octanol–water partition coefficient (Wildman–Crippen LogP) is 0.743. The van der Waals surface area contributed by atoms with Crippen molar-refractivity contribution in [3.8, 4) is 0 Å². The van der Waals surface area contributed by atoms with Crippen LogP contribution in [0.25, 0.3) is 0 Å². The number of carbonyl (C=O) groups excluding carboxylic acids is 1. The smallest absolute Gasteiger partial charge is 0.326 e. The molecule has 0 saturated carbocycles. The first kappa shape index (κ1) is 27.6. The first-order valence-corrected chi connectivity index (χ1v) is 11.7. The number of carboxylic acids is 2. The third-order valence-corrected chi connectivity index (χ3v) is 5.51. The van der Waals surface area contributed by atoms with Crippen LogP contribution >= 0.6 is 0 Å². The highest BCUT2D eigenvalue weighted by Gasteiger charge is 2.23. The van der Waals surface area contributed by atoms with Crippen molar-refractivity contribution in [2.75, 3.05) is 34.8 Å². The Morgan fingerprint density at radius 3 is 2.45 bits per heavy atom. The normalized spacial score (nSPS) is 14.4. The van der Waals surface area contributed by atoms with Crippen LogP contribution in [0.15, 0.2) is 53.6 Å². The summed E-state index contributed by atoms with van der Waals surface area (Å²) in [6.07, 6.45) is 3.41. The van der Waals surface area contributed by atoms with Gasteiger partial charge in [0.2, 0.25) is 5.95 Å². The van der Waals surface area contributed by atoms with Crippen molar-refractivity contribution >= 4 is 41.0 Å². The van der Waals surface area contributed by atoms with Crippen LogP contribution in [0.4, 0.5) is 23.1 Å². The highest BCUT2D eigenvalue weighted by atomic mass is 16.4. The summed E-state index contributed by atoms with van der Waals surface area (Å²) < 4.78 is 2.00. The van der Waals surface area contributed by atoms with Gasteiger partial charge in [0.25, 0.3) is 11.5 Å². The van der Waals surface area contributed by atoms with E-state index in [1.807, 2.05) is 36.1 Å². The van der Waals surface area contributed by atoms with Crippen molar-refractivity contribution in [3.63, 3.8) is 0 Å². The summed E-state index contributed by atoms with van der Waals surface area (Å²) in [5, 5.41) is 29.5. The third-order valence-electron chi connectivity index (χ3n) is 5.51. The molecule has 1 aliphatic rings. The number of benzene rings is 1. The Kier molecular flexibility index (Phi) is 9.29. The van der Waals surface area contributed by atoms with Gasteiger partial charge in [0.15, 0.2) is 5.82 Å². The number of nitrogens with one attached hydrogen (secondary N) is 5. The summed E-state index contributed by atoms with van der Waals surface area (Å²) in [5.41, 5.74) is 6.40. The maximum Gasteiger partial charge on any atom is 0.326 e. The van der Waals surface area contributed by atoms with Crippen LogP contribution in [0, 0.1) is 0 Å². The van der Waals surface area contributed by atoms with E-state index < -0.39 is 23.9 Å². The van der Waals surface area contributed by atoms with E-state index >= 15 is 0 Å². The largest absolute Gasteiger partial charge is 0.481 e. The van der Waals surface area contributed by atoms with Crippen molar-refractivity contribution in [2.24, 2.45) is 7.05 Å². The molecule has 14 nitrogen and oxygen atoms in total. The fourth-order valence-electron chi connectivity index (χ4n) is 3.52. The van der Waals surface area contributed by atoms with E-state index in [-0.39, 0.29) is 36.0 Å². The molecule has 2 aromatic heterocycles. The second kappa shape index (κ2) is 12.8. The van der Waals surface area contributed by atoms with Gasteiger partial charge in [-0.25, -0.2) is 4.79 Å². The lowest BCUT2D eigenvalue weighted by atomic mass is 10.1. The topological polar surface area (TPSA) is 216 Å². The van der Waals surface area contributed by atoms with E-state index in [2.05, 4.69) is 31.2 Å². The standard InChI is InChI=1S/C19H23N7O6.C5H7N/c20-19-25-15-14(17(30)26-19)23-11(8-22-15)7-21-10-3-1-9(2-4-10)16(29)24-12(18(31)32)5-6-13(27)28;1-6-4-2-3-5-6/h1-4,11-12,21,23H,5-8H2,(H,24,29)(H,27,28)(H,31,32)(H4,20,22,25,26,30);2-5H,1H3/t11-,12+;/m1./s1. The average Bonchev–Trinajstić information content (AvgIpc) is 3.36. The molecule has 4 rings (SSSR count). The number of anilines is 4. The molecule has 1 aliphatic heterocycles. The number of nitrogens with two attached hydrogens (primary N) is 1. The minimum atomic E-state index is -1.30. The number of carbonyl (C=O) groups is 3. The number of fused-ring (bicyclic) bond motifs is 1. The molecule has 2 atom stereocenters. The zero-order chi connectivity index (χ0) is 27.7. The van der Waals surface area contributed by atoms with Crippen molar-refractivity contribution in [1.82, 2.24) is 19.9 Å². The molecule has 9 N–H and O–H groups in total. The van der Waals surface area contributed by atoms with Gasteiger partial charge in [0.05, 0.1) is 6.04 Å². The lowest BCUT2D eigenvalue weighted by Crippen LogP contribution is -2.41. The molecule has 202 valence electrons. The molecule has 0 radical (unpaired) electrons. The van der Waals surface area contributed by atoms with E-state index in [9.17, 15) is 19.2 Å². The Bertz CT molecular complexity index is 1310. The molecule has 1 amide bonds. The number of hydrogen-bond donors (Lipinski definition) is 8. The van der Waals surface area contributed by atoms with Crippen molar-refractivity contribution < 1.29 is 24.6 Å². The molecular formula is C24H30N8O6. The average molecular weight is 527 g/mol. The molecule has 14 heteroatoms. The monoisotopic (exact) mass is 526 g/mol. The van der Waals surface area contributed by atoms with Gasteiger partial charge in [-0.3, -0.25) is 19.4 Å². The maximum atomic E-state index is 12.3. The first-order chi connectivity index (χ1) is 18.1. The van der Waals surface area contributed by atoms with Crippen molar-refractivity contribution in [1.29, 1.82) is 0 Å². The molecule has 0 fully saturated rings. The summed E-state index contributed by atoms with van der Waals surface area (Å²) >= 11 is 0. The number of aliphatic carboxylic acids is 2. The number of hydrogen-bond acceptors (Lipinski definition) is 9. The van der Waals surface area contributed by atoms with Crippen LogP contribution in [0.2, 0.25) is 0 Å². The molecule has 0 saturated heterocycles. The number of rotatable bonds is 9. The van der Waals surface area contributed by atoms with Crippen molar-refractivity contribution in [2.45, 2.75) is 24.9 Å². The number of aromatic nitrogens is 3. The summed E-state index contributed by atoms with van der Waals surface area (Å²) in [7, 11) is 2.00. The highest BCUT2D eigenvalue weighted by molar-refractivity contribution is 5.97. The van der Waals surface area contributed by atoms with Crippen LogP contribution in [0.3, 0.4) is 0 Å². The maximum absolute atomic E-state index is 12.3. The minimum Gasteiger partial charge on any atom is -0.481 e. The molecule has 3 heterocycles. The zero-order valence-corrected chi connectivity index (χ0v) is 20.6. The molecular weight excluding hydrogens is 496 g/mol. The Labute approximate surface area is 217 Å². The Morgan fingerprint density at radius 1 is 1.18 bits per heavy atom. The zero-order valence-electron chi connectivity index (χ0n) is 20.6. The Morgan fingerprint density at radius 2 is 1.87 bits per heavy atom. The van der Waals surface area contributed by atoms with Gasteiger partial charge in [-0.15, -0.1) is 0 Å². The summed E-state index contributed by atoms with van der Waals surface area (Å²) in [4.78, 5) is 52.6. The number of nitrogens with zero attached hydrogens (tertiary/aromatic N) is 2. The highest BCUT2D eigenvalue weighted by Crippen LogP contribution is 2.20. The lowest BCUT2D eigenvalue weighted by molar-refractivity contribution is -0.140. The minimum absolute atomic E-state index is 0.0281. The van der Waals surface area contributed by atoms with E-state index in [4.69, 9.17) is 15.9 Å². The van der Waals surface area contributed by atoms with E-state index in [0.717, 1.165) is 0 Å². The second-order valence-corrected chi connectivity index (χ2v) is 8.50. The number of aromatic amines is 1. The van der Waals surface area contributed by atoms with E-state index in [1.54, 1.807) is 12.1 Å². The van der Waals surface area contributed by atoms with Gasteiger partial charge in [-0.2, -0.15) is 4.98 Å². The fourth-order valence-corrected chi connectivity index (χ4v) is 3.52. The van der Waals surface area contributed by atoms with Crippen LogP contribution < -0.4 is 32.6 Å². The molecule has 38 heavy (non-hydrogen) atoms. The fraction of sp³-hybridized carbons (Fsp3) is 0.292. The van der Waals surface area contributed by atoms with Gasteiger partial charge in [-0.05, 0) is 42.8 Å². The van der Waals surface area contributed by atoms with Gasteiger partial charge >= 0.3 is 11.9 Å². The van der Waals surface area contributed by atoms with Crippen LogP contribution in [0.1, 0.15) is 23.2 Å². The van der Waals surface area contributed by atoms with Crippen LogP contribution in [-0.4, -0.2) is 67.8 Å². The Balaban J connectivity index is 0.000000585.